The number of nitrogens with zero attached hydrogens (tertiary/aromatic N) is 4. The van der Waals surface area contributed by atoms with E-state index < -0.39 is 0 Å². The lowest BCUT2D eigenvalue weighted by Gasteiger charge is -2.31. The van der Waals surface area contributed by atoms with Crippen molar-refractivity contribution in [2.75, 3.05) is 9.80 Å². The molecule has 3 aromatic heterocycles. The Morgan fingerprint density at radius 2 is 0.704 bits per heavy atom. The molecule has 5 heteroatoms. The Kier molecular flexibility index (Phi) is 9.68. The molecule has 0 aliphatic heterocycles. The third-order valence-corrected chi connectivity index (χ3v) is 15.2. The van der Waals surface area contributed by atoms with Crippen molar-refractivity contribution in [2.45, 2.75) is 0 Å². The first-order chi connectivity index (χ1) is 35.2. The zero-order valence-corrected chi connectivity index (χ0v) is 39.4. The zero-order chi connectivity index (χ0) is 46.8. The Hall–Kier alpha value is -9.16. The third-order valence-electron chi connectivity index (χ3n) is 14.1. The lowest BCUT2D eigenvalue weighted by Crippen LogP contribution is -2.13. The van der Waals surface area contributed by atoms with Crippen molar-refractivity contribution in [2.24, 2.45) is 0 Å². The molecule has 14 rings (SSSR count). The van der Waals surface area contributed by atoms with Crippen molar-refractivity contribution in [1.82, 2.24) is 9.13 Å². The summed E-state index contributed by atoms with van der Waals surface area (Å²) < 4.78 is 7.34. The number of benzene rings is 11. The summed E-state index contributed by atoms with van der Waals surface area (Å²) in [6.07, 6.45) is 0. The second-order valence-corrected chi connectivity index (χ2v) is 19.2. The van der Waals surface area contributed by atoms with Crippen molar-refractivity contribution in [1.29, 1.82) is 0 Å². The number of aromatic nitrogens is 2. The van der Waals surface area contributed by atoms with Crippen LogP contribution in [-0.4, -0.2) is 9.13 Å². The molecule has 0 fully saturated rings. The van der Waals surface area contributed by atoms with Crippen LogP contribution in [0.1, 0.15) is 0 Å². The summed E-state index contributed by atoms with van der Waals surface area (Å²) in [5, 5.41) is 7.38. The second-order valence-electron chi connectivity index (χ2n) is 18.1. The molecule has 0 saturated carbocycles. The molecule has 0 aliphatic rings. The van der Waals surface area contributed by atoms with E-state index in [1.807, 2.05) is 11.3 Å². The van der Waals surface area contributed by atoms with E-state index in [0.29, 0.717) is 0 Å². The predicted molar refractivity (Wildman–Crippen MR) is 303 cm³/mol. The van der Waals surface area contributed by atoms with E-state index >= 15 is 0 Å². The second kappa shape index (κ2) is 16.8. The number of fused-ring (bicyclic) bond motifs is 9. The summed E-state index contributed by atoms with van der Waals surface area (Å²) in [7, 11) is 0. The van der Waals surface area contributed by atoms with Gasteiger partial charge < -0.3 is 18.9 Å². The number of hydrogen-bond acceptors (Lipinski definition) is 3. The van der Waals surface area contributed by atoms with Crippen molar-refractivity contribution < 1.29 is 0 Å². The Morgan fingerprint density at radius 3 is 1.30 bits per heavy atom. The first kappa shape index (κ1) is 40.9. The van der Waals surface area contributed by atoms with Gasteiger partial charge in [0.1, 0.15) is 0 Å². The van der Waals surface area contributed by atoms with Crippen LogP contribution in [0, 0.1) is 0 Å². The highest BCUT2D eigenvalue weighted by Gasteiger charge is 2.24. The highest BCUT2D eigenvalue weighted by atomic mass is 32.1. The third kappa shape index (κ3) is 6.81. The number of para-hydroxylation sites is 6. The van der Waals surface area contributed by atoms with Gasteiger partial charge in [-0.2, -0.15) is 0 Å². The van der Waals surface area contributed by atoms with Gasteiger partial charge in [0, 0.05) is 87.1 Å². The van der Waals surface area contributed by atoms with Crippen LogP contribution in [0.2, 0.25) is 0 Å². The van der Waals surface area contributed by atoms with E-state index in [0.717, 1.165) is 56.6 Å². The van der Waals surface area contributed by atoms with Gasteiger partial charge in [0.15, 0.2) is 0 Å². The van der Waals surface area contributed by atoms with Gasteiger partial charge in [0.2, 0.25) is 0 Å². The van der Waals surface area contributed by atoms with E-state index in [-0.39, 0.29) is 0 Å². The Balaban J connectivity index is 1.01. The van der Waals surface area contributed by atoms with Gasteiger partial charge in [-0.05, 0) is 139 Å². The Labute approximate surface area is 415 Å². The minimum Gasteiger partial charge on any atom is -0.310 e. The van der Waals surface area contributed by atoms with E-state index in [1.165, 1.54) is 63.8 Å². The van der Waals surface area contributed by atoms with Crippen LogP contribution >= 0.6 is 11.3 Å². The molecule has 0 bridgehead atoms. The molecular formula is C66H44N4S. The van der Waals surface area contributed by atoms with Gasteiger partial charge in [-0.3, -0.25) is 0 Å². The normalized spacial score (nSPS) is 11.7. The summed E-state index contributed by atoms with van der Waals surface area (Å²) in [5.41, 5.74) is 15.7. The summed E-state index contributed by atoms with van der Waals surface area (Å²) in [6.45, 7) is 0. The summed E-state index contributed by atoms with van der Waals surface area (Å²) in [6, 6.07) is 97.3. The topological polar surface area (TPSA) is 16.3 Å². The largest absolute Gasteiger partial charge is 0.310 e. The molecule has 0 N–H and O–H groups in total. The minimum absolute atomic E-state index is 1.06. The van der Waals surface area contributed by atoms with Gasteiger partial charge in [0.25, 0.3) is 0 Å². The van der Waals surface area contributed by atoms with Gasteiger partial charge in [-0.25, -0.2) is 0 Å². The average Bonchev–Trinajstić information content (AvgIpc) is 4.10. The number of thiophene rings is 1. The lowest BCUT2D eigenvalue weighted by molar-refractivity contribution is 1.18. The van der Waals surface area contributed by atoms with Crippen LogP contribution in [0.4, 0.5) is 34.1 Å². The smallest absolute Gasteiger partial charge is 0.0542 e. The maximum atomic E-state index is 2.44. The highest BCUT2D eigenvalue weighted by molar-refractivity contribution is 7.25. The van der Waals surface area contributed by atoms with Crippen LogP contribution in [0.5, 0.6) is 0 Å². The van der Waals surface area contributed by atoms with E-state index in [1.54, 1.807) is 0 Å². The number of anilines is 6. The van der Waals surface area contributed by atoms with Crippen LogP contribution < -0.4 is 9.80 Å². The molecule has 0 saturated heterocycles. The van der Waals surface area contributed by atoms with Crippen LogP contribution in [0.3, 0.4) is 0 Å². The van der Waals surface area contributed by atoms with E-state index in [2.05, 4.69) is 286 Å². The molecule has 0 atom stereocenters. The maximum Gasteiger partial charge on any atom is 0.0542 e. The fourth-order valence-electron chi connectivity index (χ4n) is 10.9. The fourth-order valence-corrected chi connectivity index (χ4v) is 12.0. The zero-order valence-electron chi connectivity index (χ0n) is 38.6. The summed E-state index contributed by atoms with van der Waals surface area (Å²) in [4.78, 5) is 4.86. The molecule has 0 spiro atoms. The standard InChI is InChI=1S/C66H44N4S/c1-5-19-46(20-6-1)67(51-35-38-63-57(43-51)53-27-13-16-30-60(53)69(63)48-23-9-3-10-24-48)50-34-37-62(56(42-50)45-33-40-66-59(41-45)55-29-15-18-32-65(55)71-66)68(47-21-7-2-8-22-47)52-36-39-64-58(44-52)54-28-14-17-31-61(54)70(64)49-25-11-4-12-26-49/h1-44H. The van der Waals surface area contributed by atoms with Crippen molar-refractivity contribution >= 4 is 109 Å². The van der Waals surface area contributed by atoms with Gasteiger partial charge in [-0.15, -0.1) is 11.3 Å². The maximum absolute atomic E-state index is 2.44. The van der Waals surface area contributed by atoms with Crippen LogP contribution in [0.15, 0.2) is 267 Å². The molecule has 11 aromatic carbocycles. The Morgan fingerprint density at radius 1 is 0.268 bits per heavy atom. The monoisotopic (exact) mass is 924 g/mol. The van der Waals surface area contributed by atoms with Gasteiger partial charge in [0.05, 0.1) is 27.8 Å². The first-order valence-electron chi connectivity index (χ1n) is 24.2. The van der Waals surface area contributed by atoms with Gasteiger partial charge >= 0.3 is 0 Å². The average molecular weight is 925 g/mol. The van der Waals surface area contributed by atoms with Crippen LogP contribution in [-0.2, 0) is 0 Å². The molecular weight excluding hydrogens is 881 g/mol. The van der Waals surface area contributed by atoms with Crippen molar-refractivity contribution in [3.63, 3.8) is 0 Å². The molecule has 71 heavy (non-hydrogen) atoms. The van der Waals surface area contributed by atoms with Gasteiger partial charge in [-0.1, -0.05) is 133 Å². The molecule has 0 radical (unpaired) electrons. The molecule has 0 amide bonds. The molecule has 4 nitrogen and oxygen atoms in total. The van der Waals surface area contributed by atoms with E-state index in [4.69, 9.17) is 0 Å². The molecule has 14 aromatic rings. The quantitative estimate of drug-likeness (QED) is 0.143. The predicted octanol–water partition coefficient (Wildman–Crippen LogP) is 18.9. The minimum atomic E-state index is 1.06. The van der Waals surface area contributed by atoms with Crippen LogP contribution in [0.25, 0.3) is 86.3 Å². The fraction of sp³-hybridized carbons (Fsp3) is 0. The summed E-state index contributed by atoms with van der Waals surface area (Å²) in [5.74, 6) is 0. The van der Waals surface area contributed by atoms with Crippen molar-refractivity contribution in [3.8, 4) is 22.5 Å². The highest BCUT2D eigenvalue weighted by Crippen LogP contribution is 2.48. The molecule has 0 aliphatic carbocycles. The Bertz CT molecular complexity index is 4290. The first-order valence-corrected chi connectivity index (χ1v) is 25.0. The lowest BCUT2D eigenvalue weighted by atomic mass is 9.98. The number of hydrogen-bond donors (Lipinski definition) is 0. The molecule has 0 unspecified atom stereocenters. The van der Waals surface area contributed by atoms with E-state index in [9.17, 15) is 0 Å². The van der Waals surface area contributed by atoms with Crippen molar-refractivity contribution in [3.05, 3.63) is 267 Å². The molecule has 3 heterocycles. The molecule has 334 valence electrons. The summed E-state index contributed by atoms with van der Waals surface area (Å²) >= 11 is 1.85. The SMILES string of the molecule is c1ccc(N(c2ccc(N(c3ccccc3)c3ccc4c(c3)c3ccccc3n4-c3ccccc3)c(-c3ccc4sc5ccccc5c4c3)c2)c2ccc3c(c2)c2ccccc2n3-c2ccccc2)cc1. The number of rotatable bonds is 9.